The third-order valence-electron chi connectivity index (χ3n) is 4.11. The van der Waals surface area contributed by atoms with Gasteiger partial charge in [0.2, 0.25) is 5.91 Å². The maximum Gasteiger partial charge on any atom is 0.249 e. The summed E-state index contributed by atoms with van der Waals surface area (Å²) in [5.41, 5.74) is 2.56. The van der Waals surface area contributed by atoms with Crippen LogP contribution in [0.5, 0.6) is 0 Å². The van der Waals surface area contributed by atoms with Crippen LogP contribution in [0.25, 0.3) is 0 Å². The van der Waals surface area contributed by atoms with Crippen molar-refractivity contribution in [3.8, 4) is 0 Å². The predicted molar refractivity (Wildman–Crippen MR) is 70.7 cm³/mol. The molecule has 2 heterocycles. The number of rotatable bonds is 3. The Morgan fingerprint density at radius 3 is 3.00 bits per heavy atom. The Kier molecular flexibility index (Phi) is 3.55. The van der Waals surface area contributed by atoms with Crippen molar-refractivity contribution >= 4 is 5.91 Å². The molecule has 1 saturated heterocycles. The zero-order chi connectivity index (χ0) is 13.2. The largest absolute Gasteiger partial charge is 0.368 e. The van der Waals surface area contributed by atoms with Crippen LogP contribution in [-0.2, 0) is 36.0 Å². The maximum atomic E-state index is 11.9. The highest BCUT2D eigenvalue weighted by atomic mass is 16.5. The Hall–Kier alpha value is -1.36. The van der Waals surface area contributed by atoms with Crippen LogP contribution in [0.1, 0.15) is 42.9 Å². The summed E-state index contributed by atoms with van der Waals surface area (Å²) in [6.45, 7) is 1.21. The molecule has 1 atom stereocenters. The summed E-state index contributed by atoms with van der Waals surface area (Å²) in [6, 6.07) is 0. The van der Waals surface area contributed by atoms with Crippen LogP contribution in [0.15, 0.2) is 0 Å². The lowest BCUT2D eigenvalue weighted by molar-refractivity contribution is -0.130. The molecule has 1 N–H and O–H groups in total. The molecule has 0 aromatic carbocycles. The van der Waals surface area contributed by atoms with Gasteiger partial charge in [-0.25, -0.2) is 4.98 Å². The first-order valence-corrected chi connectivity index (χ1v) is 7.18. The van der Waals surface area contributed by atoms with E-state index < -0.39 is 0 Å². The van der Waals surface area contributed by atoms with Gasteiger partial charge in [-0.05, 0) is 38.5 Å². The smallest absolute Gasteiger partial charge is 0.249 e. The number of amides is 1. The van der Waals surface area contributed by atoms with E-state index in [1.165, 1.54) is 24.2 Å². The lowest BCUT2D eigenvalue weighted by Crippen LogP contribution is -2.34. The van der Waals surface area contributed by atoms with Crippen LogP contribution >= 0.6 is 0 Å². The third-order valence-corrected chi connectivity index (χ3v) is 4.11. The van der Waals surface area contributed by atoms with E-state index in [2.05, 4.69) is 14.9 Å². The van der Waals surface area contributed by atoms with Crippen LogP contribution in [-0.4, -0.2) is 28.2 Å². The summed E-state index contributed by atoms with van der Waals surface area (Å²) in [7, 11) is 2.05. The number of fused-ring (bicyclic) bond motifs is 1. The number of nitrogens with one attached hydrogen (secondary N) is 1. The number of carbonyl (C=O) groups is 1. The number of hydrogen-bond donors (Lipinski definition) is 1. The Morgan fingerprint density at radius 2 is 2.26 bits per heavy atom. The number of carbonyl (C=O) groups excluding carboxylic acids is 1. The van der Waals surface area contributed by atoms with Crippen molar-refractivity contribution in [1.82, 2.24) is 14.9 Å². The highest BCUT2D eigenvalue weighted by molar-refractivity contribution is 5.80. The van der Waals surface area contributed by atoms with E-state index in [0.29, 0.717) is 13.2 Å². The molecule has 0 spiro atoms. The monoisotopic (exact) mass is 263 g/mol. The Morgan fingerprint density at radius 1 is 1.42 bits per heavy atom. The van der Waals surface area contributed by atoms with Crippen molar-refractivity contribution in [2.24, 2.45) is 7.05 Å². The SMILES string of the molecule is Cn1c(CNC(=O)C2CCCO2)nc2c1CCCC2. The van der Waals surface area contributed by atoms with E-state index in [1.807, 2.05) is 7.05 Å². The van der Waals surface area contributed by atoms with Gasteiger partial charge in [0.25, 0.3) is 0 Å². The molecule has 1 aromatic rings. The quantitative estimate of drug-likeness (QED) is 0.888. The minimum absolute atomic E-state index is 0.00141. The third kappa shape index (κ3) is 2.52. The van der Waals surface area contributed by atoms with Crippen LogP contribution in [0.3, 0.4) is 0 Å². The second-order valence-corrected chi connectivity index (χ2v) is 5.41. The second kappa shape index (κ2) is 5.33. The fourth-order valence-corrected chi connectivity index (χ4v) is 2.96. The van der Waals surface area contributed by atoms with Gasteiger partial charge in [0.15, 0.2) is 0 Å². The highest BCUT2D eigenvalue weighted by Crippen LogP contribution is 2.21. The van der Waals surface area contributed by atoms with Crippen LogP contribution < -0.4 is 5.32 Å². The first-order chi connectivity index (χ1) is 9.25. The minimum atomic E-state index is -0.255. The van der Waals surface area contributed by atoms with Gasteiger partial charge in [-0.2, -0.15) is 0 Å². The summed E-state index contributed by atoms with van der Waals surface area (Å²) in [5.74, 6) is 0.955. The molecule has 2 aliphatic rings. The molecule has 1 fully saturated rings. The van der Waals surface area contributed by atoms with Gasteiger partial charge in [0.1, 0.15) is 11.9 Å². The van der Waals surface area contributed by atoms with E-state index >= 15 is 0 Å². The molecule has 1 aliphatic carbocycles. The normalized spacial score (nSPS) is 22.3. The van der Waals surface area contributed by atoms with Crippen LogP contribution in [0.4, 0.5) is 0 Å². The number of aryl methyl sites for hydroxylation is 1. The van der Waals surface area contributed by atoms with E-state index in [-0.39, 0.29) is 12.0 Å². The average molecular weight is 263 g/mol. The van der Waals surface area contributed by atoms with Gasteiger partial charge in [-0.3, -0.25) is 4.79 Å². The van der Waals surface area contributed by atoms with Gasteiger partial charge in [-0.1, -0.05) is 0 Å². The van der Waals surface area contributed by atoms with Crippen LogP contribution in [0.2, 0.25) is 0 Å². The summed E-state index contributed by atoms with van der Waals surface area (Å²) < 4.78 is 7.52. The molecule has 1 aromatic heterocycles. The minimum Gasteiger partial charge on any atom is -0.368 e. The zero-order valence-electron chi connectivity index (χ0n) is 11.4. The molecule has 3 rings (SSSR count). The summed E-state index contributed by atoms with van der Waals surface area (Å²) in [5, 5.41) is 2.94. The molecule has 19 heavy (non-hydrogen) atoms. The van der Waals surface area contributed by atoms with E-state index in [4.69, 9.17) is 4.74 Å². The molecule has 0 radical (unpaired) electrons. The molecular formula is C14H21N3O2. The molecular weight excluding hydrogens is 242 g/mol. The van der Waals surface area contributed by atoms with Gasteiger partial charge in [-0.15, -0.1) is 0 Å². The number of imidazole rings is 1. The molecule has 1 aliphatic heterocycles. The van der Waals surface area contributed by atoms with Crippen LogP contribution in [0, 0.1) is 0 Å². The van der Waals surface area contributed by atoms with Crippen molar-refractivity contribution in [2.75, 3.05) is 6.61 Å². The average Bonchev–Trinajstić information content (AvgIpc) is 3.05. The second-order valence-electron chi connectivity index (χ2n) is 5.41. The van der Waals surface area contributed by atoms with Gasteiger partial charge in [0.05, 0.1) is 12.2 Å². The number of ether oxygens (including phenoxy) is 1. The standard InChI is InChI=1S/C14H21N3O2/c1-17-11-6-3-2-5-10(11)16-13(17)9-15-14(18)12-7-4-8-19-12/h12H,2-9H2,1H3,(H,15,18). The predicted octanol–water partition coefficient (Wildman–Crippen LogP) is 1.09. The molecule has 1 amide bonds. The molecule has 104 valence electrons. The van der Waals surface area contributed by atoms with Crippen molar-refractivity contribution in [3.05, 3.63) is 17.2 Å². The lowest BCUT2D eigenvalue weighted by Gasteiger charge is -2.12. The molecule has 1 unspecified atom stereocenters. The summed E-state index contributed by atoms with van der Waals surface area (Å²) in [4.78, 5) is 16.6. The summed E-state index contributed by atoms with van der Waals surface area (Å²) in [6.07, 6.45) is 6.22. The zero-order valence-corrected chi connectivity index (χ0v) is 11.4. The van der Waals surface area contributed by atoms with E-state index in [1.54, 1.807) is 0 Å². The van der Waals surface area contributed by atoms with Gasteiger partial charge < -0.3 is 14.6 Å². The molecule has 5 heteroatoms. The Bertz CT molecular complexity index is 475. The number of aromatic nitrogens is 2. The lowest BCUT2D eigenvalue weighted by atomic mass is 10.0. The fraction of sp³-hybridized carbons (Fsp3) is 0.714. The molecule has 0 saturated carbocycles. The highest BCUT2D eigenvalue weighted by Gasteiger charge is 2.24. The van der Waals surface area contributed by atoms with Gasteiger partial charge >= 0.3 is 0 Å². The van der Waals surface area contributed by atoms with E-state index in [0.717, 1.165) is 31.5 Å². The van der Waals surface area contributed by atoms with Gasteiger partial charge in [0, 0.05) is 19.3 Å². The first-order valence-electron chi connectivity index (χ1n) is 7.18. The maximum absolute atomic E-state index is 11.9. The fourth-order valence-electron chi connectivity index (χ4n) is 2.96. The Balaban J connectivity index is 1.63. The first kappa shape index (κ1) is 12.7. The van der Waals surface area contributed by atoms with Crippen molar-refractivity contribution < 1.29 is 9.53 Å². The number of nitrogens with zero attached hydrogens (tertiary/aromatic N) is 2. The topological polar surface area (TPSA) is 56.2 Å². The van der Waals surface area contributed by atoms with Crippen molar-refractivity contribution in [2.45, 2.75) is 51.2 Å². The van der Waals surface area contributed by atoms with Crippen molar-refractivity contribution in [1.29, 1.82) is 0 Å². The molecule has 0 bridgehead atoms. The Labute approximate surface area is 113 Å². The number of hydrogen-bond acceptors (Lipinski definition) is 3. The van der Waals surface area contributed by atoms with E-state index in [9.17, 15) is 4.79 Å². The summed E-state index contributed by atoms with van der Waals surface area (Å²) >= 11 is 0. The van der Waals surface area contributed by atoms with Crippen molar-refractivity contribution in [3.63, 3.8) is 0 Å². The molecule has 5 nitrogen and oxygen atoms in total.